The van der Waals surface area contributed by atoms with E-state index in [2.05, 4.69) is 16.7 Å². The summed E-state index contributed by atoms with van der Waals surface area (Å²) in [6.07, 6.45) is 7.24. The van der Waals surface area contributed by atoms with Gasteiger partial charge in [0.2, 0.25) is 5.91 Å². The van der Waals surface area contributed by atoms with Gasteiger partial charge in [0.05, 0.1) is 6.61 Å². The predicted octanol–water partition coefficient (Wildman–Crippen LogP) is 2.51. The number of aliphatic hydroxyl groups is 1. The third-order valence-electron chi connectivity index (χ3n) is 4.59. The summed E-state index contributed by atoms with van der Waals surface area (Å²) < 4.78 is 5.15. The lowest BCUT2D eigenvalue weighted by Crippen LogP contribution is -2.53. The van der Waals surface area contributed by atoms with Crippen molar-refractivity contribution in [2.24, 2.45) is 0 Å². The maximum Gasteiger partial charge on any atom is 0.408 e. The molecule has 0 aliphatic rings. The fourth-order valence-corrected chi connectivity index (χ4v) is 2.91. The first-order chi connectivity index (χ1) is 15.1. The molecule has 2 unspecified atom stereocenters. The highest BCUT2D eigenvalue weighted by atomic mass is 16.6. The summed E-state index contributed by atoms with van der Waals surface area (Å²) in [5.74, 6) is -1.24. The standard InChI is InChI=1S/C24H35N3O5/c1-7-10-15-25-21(29)20(18-13-11-17(8-2)12-14-18)27(9-3)22(30)19(16-28)26-23(31)32-24(4,5)6/h3,11-14,19-20,28H,7-8,10,15-16H2,1-2,4-6H3,(H,25,29)(H,26,31). The summed E-state index contributed by atoms with van der Waals surface area (Å²) in [6, 6.07) is 6.98. The normalized spacial score (nSPS) is 12.8. The zero-order valence-corrected chi connectivity index (χ0v) is 19.6. The number of carbonyl (C=O) groups is 3. The van der Waals surface area contributed by atoms with Crippen molar-refractivity contribution in [3.8, 4) is 12.5 Å². The Hall–Kier alpha value is -3.05. The van der Waals surface area contributed by atoms with Crippen LogP contribution in [0.15, 0.2) is 24.3 Å². The van der Waals surface area contributed by atoms with Crippen LogP contribution in [0.4, 0.5) is 4.79 Å². The number of carbonyl (C=O) groups excluding carboxylic acids is 3. The summed E-state index contributed by atoms with van der Waals surface area (Å²) in [5, 5.41) is 14.9. The number of amides is 3. The van der Waals surface area contributed by atoms with Crippen LogP contribution < -0.4 is 10.6 Å². The molecule has 0 bridgehead atoms. The molecule has 0 spiro atoms. The summed E-state index contributed by atoms with van der Waals surface area (Å²) in [4.78, 5) is 39.2. The van der Waals surface area contributed by atoms with Gasteiger partial charge < -0.3 is 20.5 Å². The molecule has 0 saturated heterocycles. The van der Waals surface area contributed by atoms with Crippen LogP contribution >= 0.6 is 0 Å². The Bertz CT molecular complexity index is 808. The Kier molecular flexibility index (Phi) is 10.7. The molecule has 1 rings (SSSR count). The fourth-order valence-electron chi connectivity index (χ4n) is 2.91. The molecular formula is C24H35N3O5. The first-order valence-electron chi connectivity index (χ1n) is 10.8. The third-order valence-corrected chi connectivity index (χ3v) is 4.59. The lowest BCUT2D eigenvalue weighted by Gasteiger charge is -2.30. The molecular weight excluding hydrogens is 410 g/mol. The quantitative estimate of drug-likeness (QED) is 0.291. The van der Waals surface area contributed by atoms with Gasteiger partial charge in [-0.1, -0.05) is 51.0 Å². The van der Waals surface area contributed by atoms with E-state index in [-0.39, 0.29) is 0 Å². The number of unbranched alkanes of at least 4 members (excludes halogenated alkanes) is 1. The largest absolute Gasteiger partial charge is 0.444 e. The van der Waals surface area contributed by atoms with Gasteiger partial charge in [0.1, 0.15) is 17.7 Å². The van der Waals surface area contributed by atoms with E-state index in [1.54, 1.807) is 32.9 Å². The van der Waals surface area contributed by atoms with Gasteiger partial charge in [0.25, 0.3) is 5.91 Å². The van der Waals surface area contributed by atoms with Crippen molar-refractivity contribution in [1.82, 2.24) is 15.5 Å². The van der Waals surface area contributed by atoms with Crippen LogP contribution in [0.2, 0.25) is 0 Å². The number of aryl methyl sites for hydroxylation is 1. The Labute approximate surface area is 190 Å². The van der Waals surface area contributed by atoms with Crippen LogP contribution in [0.25, 0.3) is 0 Å². The van der Waals surface area contributed by atoms with Crippen LogP contribution in [0.5, 0.6) is 0 Å². The minimum Gasteiger partial charge on any atom is -0.444 e. The number of hydrogen-bond acceptors (Lipinski definition) is 5. The molecule has 0 heterocycles. The number of ether oxygens (including phenoxy) is 1. The lowest BCUT2D eigenvalue weighted by molar-refractivity contribution is -0.139. The number of hydrogen-bond donors (Lipinski definition) is 3. The highest BCUT2D eigenvalue weighted by molar-refractivity contribution is 5.93. The van der Waals surface area contributed by atoms with E-state index in [0.717, 1.165) is 29.7 Å². The Balaban J connectivity index is 3.21. The molecule has 3 N–H and O–H groups in total. The number of aliphatic hydroxyl groups excluding tert-OH is 1. The first kappa shape index (κ1) is 27.0. The van der Waals surface area contributed by atoms with Crippen molar-refractivity contribution >= 4 is 17.9 Å². The zero-order chi connectivity index (χ0) is 24.3. The van der Waals surface area contributed by atoms with E-state index < -0.39 is 42.2 Å². The SMILES string of the molecule is C#CN(C(=O)C(CO)NC(=O)OC(C)(C)C)C(C(=O)NCCCC)c1ccc(CC)cc1. The van der Waals surface area contributed by atoms with Gasteiger partial charge in [-0.15, -0.1) is 0 Å². The molecule has 2 atom stereocenters. The summed E-state index contributed by atoms with van der Waals surface area (Å²) >= 11 is 0. The minimum absolute atomic E-state index is 0.436. The van der Waals surface area contributed by atoms with Crippen LogP contribution in [-0.2, 0) is 20.7 Å². The Morgan fingerprint density at radius 3 is 2.28 bits per heavy atom. The molecule has 1 aromatic carbocycles. The van der Waals surface area contributed by atoms with Gasteiger partial charge in [-0.05, 0) is 44.7 Å². The maximum atomic E-state index is 13.2. The van der Waals surface area contributed by atoms with E-state index in [1.165, 1.54) is 0 Å². The molecule has 8 nitrogen and oxygen atoms in total. The van der Waals surface area contributed by atoms with Crippen molar-refractivity contribution < 1.29 is 24.2 Å². The van der Waals surface area contributed by atoms with Gasteiger partial charge in [-0.25, -0.2) is 4.79 Å². The summed E-state index contributed by atoms with van der Waals surface area (Å²) in [6.45, 7) is 8.75. The minimum atomic E-state index is -1.37. The third kappa shape index (κ3) is 8.23. The summed E-state index contributed by atoms with van der Waals surface area (Å²) in [5.41, 5.74) is 0.801. The maximum absolute atomic E-state index is 13.2. The molecule has 0 aliphatic carbocycles. The molecule has 176 valence electrons. The smallest absolute Gasteiger partial charge is 0.408 e. The van der Waals surface area contributed by atoms with Crippen LogP contribution in [-0.4, -0.2) is 52.7 Å². The number of nitrogens with one attached hydrogen (secondary N) is 2. The average Bonchev–Trinajstić information content (AvgIpc) is 2.74. The van der Waals surface area contributed by atoms with E-state index in [1.807, 2.05) is 26.0 Å². The van der Waals surface area contributed by atoms with E-state index >= 15 is 0 Å². The average molecular weight is 446 g/mol. The van der Waals surface area contributed by atoms with Crippen molar-refractivity contribution in [3.63, 3.8) is 0 Å². The highest BCUT2D eigenvalue weighted by Crippen LogP contribution is 2.23. The van der Waals surface area contributed by atoms with Gasteiger partial charge in [0.15, 0.2) is 0 Å². The molecule has 0 aliphatic heterocycles. The first-order valence-corrected chi connectivity index (χ1v) is 10.8. The molecule has 32 heavy (non-hydrogen) atoms. The number of terminal acetylenes is 1. The molecule has 0 saturated carbocycles. The van der Waals surface area contributed by atoms with Crippen molar-refractivity contribution in [2.75, 3.05) is 13.2 Å². The number of nitrogens with zero attached hydrogens (tertiary/aromatic N) is 1. The number of benzene rings is 1. The van der Waals surface area contributed by atoms with Crippen molar-refractivity contribution in [1.29, 1.82) is 0 Å². The predicted molar refractivity (Wildman–Crippen MR) is 122 cm³/mol. The lowest BCUT2D eigenvalue weighted by atomic mass is 10.0. The second kappa shape index (κ2) is 12.7. The van der Waals surface area contributed by atoms with E-state index in [0.29, 0.717) is 12.1 Å². The fraction of sp³-hybridized carbons (Fsp3) is 0.542. The topological polar surface area (TPSA) is 108 Å². The van der Waals surface area contributed by atoms with Gasteiger partial charge in [-0.3, -0.25) is 14.5 Å². The van der Waals surface area contributed by atoms with E-state index in [9.17, 15) is 19.5 Å². The monoisotopic (exact) mass is 445 g/mol. The van der Waals surface area contributed by atoms with Crippen molar-refractivity contribution in [2.45, 2.75) is 71.6 Å². The van der Waals surface area contributed by atoms with Gasteiger partial charge in [-0.2, -0.15) is 0 Å². The molecule has 0 aromatic heterocycles. The molecule has 0 fully saturated rings. The molecule has 3 amide bonds. The highest BCUT2D eigenvalue weighted by Gasteiger charge is 2.35. The van der Waals surface area contributed by atoms with Gasteiger partial charge in [0, 0.05) is 12.6 Å². The zero-order valence-electron chi connectivity index (χ0n) is 19.6. The molecule has 0 radical (unpaired) electrons. The van der Waals surface area contributed by atoms with Crippen molar-refractivity contribution in [3.05, 3.63) is 35.4 Å². The molecule has 8 heteroatoms. The molecule has 1 aromatic rings. The number of rotatable bonds is 10. The van der Waals surface area contributed by atoms with Crippen LogP contribution in [0.1, 0.15) is 64.6 Å². The van der Waals surface area contributed by atoms with Crippen LogP contribution in [0, 0.1) is 12.5 Å². The Morgan fingerprint density at radius 2 is 1.81 bits per heavy atom. The van der Waals surface area contributed by atoms with Crippen LogP contribution in [0.3, 0.4) is 0 Å². The second-order valence-electron chi connectivity index (χ2n) is 8.36. The van der Waals surface area contributed by atoms with E-state index in [4.69, 9.17) is 11.2 Å². The van der Waals surface area contributed by atoms with Gasteiger partial charge >= 0.3 is 6.09 Å². The summed E-state index contributed by atoms with van der Waals surface area (Å²) in [7, 11) is 0. The second-order valence-corrected chi connectivity index (χ2v) is 8.36. The number of alkyl carbamates (subject to hydrolysis) is 1. The Morgan fingerprint density at radius 1 is 1.19 bits per heavy atom.